The first kappa shape index (κ1) is 21.4. The first-order valence-electron chi connectivity index (χ1n) is 10.3. The SMILES string of the molecule is CC.CC1C=CN=C(N2CCN(C(=O)c3cc4ccccc4n3O)CC2)C(NO)=C1. The highest BCUT2D eigenvalue weighted by Crippen LogP contribution is 2.20. The molecule has 1 aromatic heterocycles. The number of amidine groups is 1. The second-order valence-electron chi connectivity index (χ2n) is 7.02. The Morgan fingerprint density at radius 2 is 1.87 bits per heavy atom. The van der Waals surface area contributed by atoms with Gasteiger partial charge in [0.05, 0.1) is 11.2 Å². The summed E-state index contributed by atoms with van der Waals surface area (Å²) in [5, 5.41) is 20.7. The van der Waals surface area contributed by atoms with Gasteiger partial charge in [0.1, 0.15) is 5.69 Å². The molecule has 0 bridgehead atoms. The lowest BCUT2D eigenvalue weighted by molar-refractivity contribution is 0.0646. The lowest BCUT2D eigenvalue weighted by atomic mass is 10.1. The van der Waals surface area contributed by atoms with Crippen molar-refractivity contribution < 1.29 is 15.2 Å². The molecular formula is C22H29N5O3. The largest absolute Gasteiger partial charge is 0.428 e. The number of benzene rings is 1. The van der Waals surface area contributed by atoms with Gasteiger partial charge in [-0.25, -0.2) is 4.99 Å². The molecule has 0 aliphatic carbocycles. The van der Waals surface area contributed by atoms with Crippen LogP contribution in [0.2, 0.25) is 0 Å². The van der Waals surface area contributed by atoms with E-state index in [-0.39, 0.29) is 17.5 Å². The highest BCUT2D eigenvalue weighted by atomic mass is 16.5. The third kappa shape index (κ3) is 4.18. The predicted octanol–water partition coefficient (Wildman–Crippen LogP) is 3.09. The minimum Gasteiger partial charge on any atom is -0.428 e. The summed E-state index contributed by atoms with van der Waals surface area (Å²) in [5.74, 6) is 0.613. The molecule has 1 fully saturated rings. The molecular weight excluding hydrogens is 382 g/mol. The molecule has 0 spiro atoms. The monoisotopic (exact) mass is 411 g/mol. The van der Waals surface area contributed by atoms with Crippen molar-refractivity contribution in [3.63, 3.8) is 0 Å². The number of aliphatic imine (C=N–C) groups is 1. The van der Waals surface area contributed by atoms with E-state index in [9.17, 15) is 15.2 Å². The summed E-state index contributed by atoms with van der Waals surface area (Å²) >= 11 is 0. The van der Waals surface area contributed by atoms with E-state index in [1.54, 1.807) is 23.2 Å². The summed E-state index contributed by atoms with van der Waals surface area (Å²) in [7, 11) is 0. The number of nitrogens with zero attached hydrogens (tertiary/aromatic N) is 4. The molecule has 30 heavy (non-hydrogen) atoms. The molecule has 0 saturated carbocycles. The zero-order chi connectivity index (χ0) is 21.7. The summed E-state index contributed by atoms with van der Waals surface area (Å²) in [5.41, 5.74) is 3.67. The number of hydroxylamine groups is 1. The molecule has 3 N–H and O–H groups in total. The van der Waals surface area contributed by atoms with Crippen molar-refractivity contribution in [3.05, 3.63) is 60.1 Å². The van der Waals surface area contributed by atoms with Crippen molar-refractivity contribution in [2.45, 2.75) is 20.8 Å². The van der Waals surface area contributed by atoms with Crippen LogP contribution in [0.1, 0.15) is 31.3 Å². The number of carbonyl (C=O) groups excluding carboxylic acids is 1. The topological polar surface area (TPSA) is 93.3 Å². The Hall–Kier alpha value is -3.26. The van der Waals surface area contributed by atoms with Gasteiger partial charge < -0.3 is 15.0 Å². The van der Waals surface area contributed by atoms with E-state index in [1.807, 2.05) is 56.0 Å². The molecule has 2 aliphatic heterocycles. The van der Waals surface area contributed by atoms with Crippen molar-refractivity contribution in [2.24, 2.45) is 10.9 Å². The minimum atomic E-state index is -0.203. The fourth-order valence-corrected chi connectivity index (χ4v) is 3.63. The maximum Gasteiger partial charge on any atom is 0.274 e. The van der Waals surface area contributed by atoms with Crippen LogP contribution in [0, 0.1) is 5.92 Å². The maximum atomic E-state index is 12.9. The fourth-order valence-electron chi connectivity index (χ4n) is 3.63. The van der Waals surface area contributed by atoms with Gasteiger partial charge in [0.2, 0.25) is 0 Å². The summed E-state index contributed by atoms with van der Waals surface area (Å²) in [6, 6.07) is 9.05. The van der Waals surface area contributed by atoms with Gasteiger partial charge in [-0.15, -0.1) is 0 Å². The van der Waals surface area contributed by atoms with E-state index in [0.29, 0.717) is 43.2 Å². The minimum absolute atomic E-state index is 0.158. The summed E-state index contributed by atoms with van der Waals surface area (Å²) in [4.78, 5) is 21.1. The van der Waals surface area contributed by atoms with Crippen LogP contribution in [0.15, 0.2) is 59.4 Å². The molecule has 160 valence electrons. The number of piperazine rings is 1. The van der Waals surface area contributed by atoms with Gasteiger partial charge in [0, 0.05) is 37.8 Å². The summed E-state index contributed by atoms with van der Waals surface area (Å²) < 4.78 is 0.960. The Labute approximate surface area is 176 Å². The van der Waals surface area contributed by atoms with Crippen LogP contribution in [-0.2, 0) is 0 Å². The van der Waals surface area contributed by atoms with E-state index in [1.165, 1.54) is 0 Å². The van der Waals surface area contributed by atoms with E-state index in [4.69, 9.17) is 0 Å². The van der Waals surface area contributed by atoms with Crippen LogP contribution in [0.3, 0.4) is 0 Å². The Bertz CT molecular complexity index is 984. The van der Waals surface area contributed by atoms with Gasteiger partial charge in [-0.1, -0.05) is 45.0 Å². The van der Waals surface area contributed by atoms with E-state index >= 15 is 0 Å². The molecule has 1 amide bonds. The first-order chi connectivity index (χ1) is 14.6. The van der Waals surface area contributed by atoms with Crippen LogP contribution in [0.5, 0.6) is 0 Å². The molecule has 8 heteroatoms. The van der Waals surface area contributed by atoms with Gasteiger partial charge in [-0.3, -0.25) is 15.5 Å². The third-order valence-electron chi connectivity index (χ3n) is 5.15. The smallest absolute Gasteiger partial charge is 0.274 e. The molecule has 3 heterocycles. The Kier molecular flexibility index (Phi) is 6.79. The highest BCUT2D eigenvalue weighted by molar-refractivity contribution is 6.00. The van der Waals surface area contributed by atoms with Crippen molar-refractivity contribution in [1.29, 1.82) is 0 Å². The van der Waals surface area contributed by atoms with Crippen LogP contribution < -0.4 is 5.48 Å². The molecule has 2 aromatic rings. The first-order valence-corrected chi connectivity index (χ1v) is 10.3. The second kappa shape index (κ2) is 9.49. The molecule has 8 nitrogen and oxygen atoms in total. The average molecular weight is 412 g/mol. The van der Waals surface area contributed by atoms with E-state index in [2.05, 4.69) is 10.5 Å². The normalized spacial score (nSPS) is 18.9. The van der Waals surface area contributed by atoms with Crippen molar-refractivity contribution in [3.8, 4) is 0 Å². The molecule has 2 aliphatic rings. The maximum absolute atomic E-state index is 12.9. The Balaban J connectivity index is 0.00000124. The van der Waals surface area contributed by atoms with Crippen molar-refractivity contribution >= 4 is 22.6 Å². The number of aromatic nitrogens is 1. The number of nitrogens with one attached hydrogen (secondary N) is 1. The number of rotatable bonds is 2. The fraction of sp³-hybridized carbons (Fsp3) is 0.364. The lowest BCUT2D eigenvalue weighted by Gasteiger charge is -2.36. The number of para-hydroxylation sites is 1. The van der Waals surface area contributed by atoms with Crippen LogP contribution in [-0.4, -0.2) is 62.9 Å². The number of hydrogen-bond acceptors (Lipinski definition) is 6. The quantitative estimate of drug-likeness (QED) is 0.522. The highest BCUT2D eigenvalue weighted by Gasteiger charge is 2.28. The second-order valence-corrected chi connectivity index (χ2v) is 7.02. The molecule has 4 rings (SSSR count). The standard InChI is InChI=1S/C20H23N5O3.C2H6/c1-14-6-7-21-19(16(12-14)22-27)23-8-10-24(11-9-23)20(26)18-13-15-4-2-3-5-17(15)25(18)28;1-2/h2-7,12-14,22,27-28H,8-11H2,1H3;1-2H3. The lowest BCUT2D eigenvalue weighted by Crippen LogP contribution is -2.52. The molecule has 1 saturated heterocycles. The van der Waals surface area contributed by atoms with Crippen LogP contribution >= 0.6 is 0 Å². The Morgan fingerprint density at radius 1 is 1.17 bits per heavy atom. The number of carbonyl (C=O) groups is 1. The summed E-state index contributed by atoms with van der Waals surface area (Å²) in [6.07, 6.45) is 5.59. The van der Waals surface area contributed by atoms with E-state index in [0.717, 1.165) is 10.1 Å². The van der Waals surface area contributed by atoms with Gasteiger partial charge in [-0.05, 0) is 24.1 Å². The zero-order valence-corrected chi connectivity index (χ0v) is 17.6. The van der Waals surface area contributed by atoms with Crippen molar-refractivity contribution in [2.75, 3.05) is 26.2 Å². The number of hydrogen-bond donors (Lipinski definition) is 3. The number of allylic oxidation sites excluding steroid dienone is 2. The van der Waals surface area contributed by atoms with Gasteiger partial charge >= 0.3 is 0 Å². The third-order valence-corrected chi connectivity index (χ3v) is 5.15. The van der Waals surface area contributed by atoms with Crippen LogP contribution in [0.4, 0.5) is 0 Å². The van der Waals surface area contributed by atoms with Crippen molar-refractivity contribution in [1.82, 2.24) is 20.0 Å². The zero-order valence-electron chi connectivity index (χ0n) is 17.6. The van der Waals surface area contributed by atoms with Gasteiger partial charge in [0.25, 0.3) is 5.91 Å². The summed E-state index contributed by atoms with van der Waals surface area (Å²) in [6.45, 7) is 8.17. The predicted molar refractivity (Wildman–Crippen MR) is 117 cm³/mol. The molecule has 1 atom stereocenters. The molecule has 1 aromatic carbocycles. The van der Waals surface area contributed by atoms with Gasteiger partial charge in [-0.2, -0.15) is 4.73 Å². The number of amides is 1. The Morgan fingerprint density at radius 3 is 2.53 bits per heavy atom. The molecule has 0 radical (unpaired) electrons. The van der Waals surface area contributed by atoms with Gasteiger partial charge in [0.15, 0.2) is 5.84 Å². The average Bonchev–Trinajstić information content (AvgIpc) is 3.00. The van der Waals surface area contributed by atoms with Crippen LogP contribution in [0.25, 0.3) is 10.9 Å². The van der Waals surface area contributed by atoms with E-state index < -0.39 is 0 Å². The number of fused-ring (bicyclic) bond motifs is 1. The molecule has 1 unspecified atom stereocenters.